The Morgan fingerprint density at radius 2 is 2.05 bits per heavy atom. The van der Waals surface area contributed by atoms with Crippen LogP contribution in [0.5, 0.6) is 0 Å². The van der Waals surface area contributed by atoms with E-state index in [0.717, 1.165) is 32.4 Å². The van der Waals surface area contributed by atoms with Crippen molar-refractivity contribution >= 4 is 29.9 Å². The largest absolute Gasteiger partial charge is 0.338 e. The highest BCUT2D eigenvalue weighted by Crippen LogP contribution is 2.30. The summed E-state index contributed by atoms with van der Waals surface area (Å²) in [6.45, 7) is 2.12. The molecule has 1 atom stereocenters. The third kappa shape index (κ3) is 3.78. The van der Waals surface area contributed by atoms with Gasteiger partial charge in [0.1, 0.15) is 0 Å². The number of halogens is 1. The summed E-state index contributed by atoms with van der Waals surface area (Å²) >= 11 is 0. The van der Waals surface area contributed by atoms with Crippen molar-refractivity contribution in [2.75, 3.05) is 25.0 Å². The molecular formula is C16H22ClN3O2. The topological polar surface area (TPSA) is 75.4 Å². The fourth-order valence-corrected chi connectivity index (χ4v) is 2.71. The highest BCUT2D eigenvalue weighted by molar-refractivity contribution is 5.98. The van der Waals surface area contributed by atoms with E-state index in [0.29, 0.717) is 23.7 Å². The lowest BCUT2D eigenvalue weighted by atomic mass is 10.1. The van der Waals surface area contributed by atoms with Crippen LogP contribution >= 0.6 is 12.4 Å². The Balaban J connectivity index is 0.00000176. The summed E-state index contributed by atoms with van der Waals surface area (Å²) in [6, 6.07) is 7.19. The second kappa shape index (κ2) is 7.11. The zero-order valence-electron chi connectivity index (χ0n) is 12.5. The van der Waals surface area contributed by atoms with Crippen LogP contribution in [0.3, 0.4) is 0 Å². The molecule has 1 unspecified atom stereocenters. The van der Waals surface area contributed by atoms with Gasteiger partial charge in [-0.3, -0.25) is 9.59 Å². The summed E-state index contributed by atoms with van der Waals surface area (Å²) in [4.78, 5) is 26.1. The summed E-state index contributed by atoms with van der Waals surface area (Å²) in [6.07, 6.45) is 2.91. The highest BCUT2D eigenvalue weighted by atomic mass is 35.5. The molecule has 1 aliphatic heterocycles. The van der Waals surface area contributed by atoms with Gasteiger partial charge in [0, 0.05) is 30.3 Å². The zero-order chi connectivity index (χ0) is 14.8. The van der Waals surface area contributed by atoms with E-state index in [1.807, 2.05) is 17.0 Å². The van der Waals surface area contributed by atoms with Gasteiger partial charge in [-0.2, -0.15) is 0 Å². The SMILES string of the molecule is Cl.NCC1CCN(C(=O)c2cccc(NC(=O)C3CC3)c2)C1. The van der Waals surface area contributed by atoms with Crippen LogP contribution in [0.15, 0.2) is 24.3 Å². The van der Waals surface area contributed by atoms with E-state index < -0.39 is 0 Å². The maximum absolute atomic E-state index is 12.5. The van der Waals surface area contributed by atoms with Crippen molar-refractivity contribution in [1.82, 2.24) is 4.90 Å². The first kappa shape index (κ1) is 16.8. The van der Waals surface area contributed by atoms with Crippen molar-refractivity contribution in [3.63, 3.8) is 0 Å². The Kier molecular flexibility index (Phi) is 5.42. The van der Waals surface area contributed by atoms with Crippen molar-refractivity contribution in [3.05, 3.63) is 29.8 Å². The van der Waals surface area contributed by atoms with Crippen LogP contribution in [-0.2, 0) is 4.79 Å². The average molecular weight is 324 g/mol. The van der Waals surface area contributed by atoms with Gasteiger partial charge in [0.2, 0.25) is 5.91 Å². The molecule has 2 amide bonds. The van der Waals surface area contributed by atoms with Gasteiger partial charge in [-0.25, -0.2) is 0 Å². The predicted molar refractivity (Wildman–Crippen MR) is 88.1 cm³/mol. The molecule has 0 spiro atoms. The monoisotopic (exact) mass is 323 g/mol. The molecule has 1 heterocycles. The lowest BCUT2D eigenvalue weighted by Crippen LogP contribution is -2.29. The molecule has 2 fully saturated rings. The number of nitrogens with one attached hydrogen (secondary N) is 1. The fourth-order valence-electron chi connectivity index (χ4n) is 2.71. The number of carbonyl (C=O) groups is 2. The van der Waals surface area contributed by atoms with E-state index in [-0.39, 0.29) is 30.1 Å². The number of rotatable bonds is 4. The smallest absolute Gasteiger partial charge is 0.253 e. The van der Waals surface area contributed by atoms with Crippen LogP contribution in [0.4, 0.5) is 5.69 Å². The lowest BCUT2D eigenvalue weighted by Gasteiger charge is -2.17. The molecule has 2 aliphatic rings. The predicted octanol–water partition coefficient (Wildman–Crippen LogP) is 1.88. The van der Waals surface area contributed by atoms with E-state index in [9.17, 15) is 9.59 Å². The second-order valence-electron chi connectivity index (χ2n) is 5.99. The summed E-state index contributed by atoms with van der Waals surface area (Å²) in [5, 5.41) is 2.88. The molecule has 1 aromatic carbocycles. The number of benzene rings is 1. The third-order valence-electron chi connectivity index (χ3n) is 4.23. The van der Waals surface area contributed by atoms with Crippen molar-refractivity contribution in [2.24, 2.45) is 17.6 Å². The number of anilines is 1. The number of hydrogen-bond acceptors (Lipinski definition) is 3. The summed E-state index contributed by atoms with van der Waals surface area (Å²) in [7, 11) is 0. The maximum Gasteiger partial charge on any atom is 0.253 e. The Hall–Kier alpha value is -1.59. The summed E-state index contributed by atoms with van der Waals surface area (Å²) < 4.78 is 0. The van der Waals surface area contributed by atoms with Crippen molar-refractivity contribution in [2.45, 2.75) is 19.3 Å². The molecule has 1 aromatic rings. The minimum absolute atomic E-state index is 0. The number of nitrogens with two attached hydrogens (primary N) is 1. The Labute approximate surface area is 136 Å². The van der Waals surface area contributed by atoms with Crippen LogP contribution in [-0.4, -0.2) is 36.3 Å². The van der Waals surface area contributed by atoms with Gasteiger partial charge in [-0.1, -0.05) is 6.07 Å². The van der Waals surface area contributed by atoms with Crippen LogP contribution in [0.1, 0.15) is 29.6 Å². The molecule has 0 radical (unpaired) electrons. The zero-order valence-corrected chi connectivity index (χ0v) is 13.3. The number of hydrogen-bond donors (Lipinski definition) is 2. The molecule has 3 rings (SSSR count). The Bertz CT molecular complexity index is 560. The molecule has 3 N–H and O–H groups in total. The van der Waals surface area contributed by atoms with Crippen molar-refractivity contribution in [1.29, 1.82) is 0 Å². The average Bonchev–Trinajstić information content (AvgIpc) is 3.25. The first-order chi connectivity index (χ1) is 10.2. The van der Waals surface area contributed by atoms with E-state index in [1.54, 1.807) is 12.1 Å². The van der Waals surface area contributed by atoms with Crippen LogP contribution in [0, 0.1) is 11.8 Å². The fraction of sp³-hybridized carbons (Fsp3) is 0.500. The van der Waals surface area contributed by atoms with E-state index in [4.69, 9.17) is 5.73 Å². The molecule has 0 bridgehead atoms. The first-order valence-electron chi connectivity index (χ1n) is 7.57. The van der Waals surface area contributed by atoms with Gasteiger partial charge in [0.25, 0.3) is 5.91 Å². The molecule has 120 valence electrons. The second-order valence-corrected chi connectivity index (χ2v) is 5.99. The van der Waals surface area contributed by atoms with Crippen LogP contribution in [0.25, 0.3) is 0 Å². The normalized spacial score (nSPS) is 20.4. The number of amides is 2. The molecular weight excluding hydrogens is 302 g/mol. The molecule has 1 saturated heterocycles. The number of nitrogens with zero attached hydrogens (tertiary/aromatic N) is 1. The van der Waals surface area contributed by atoms with Gasteiger partial charge in [0.15, 0.2) is 0 Å². The Morgan fingerprint density at radius 1 is 1.27 bits per heavy atom. The standard InChI is InChI=1S/C16H21N3O2.ClH/c17-9-11-6-7-19(10-11)16(21)13-2-1-3-14(8-13)18-15(20)12-4-5-12;/h1-3,8,11-12H,4-7,9-10,17H2,(H,18,20);1H. The lowest BCUT2D eigenvalue weighted by molar-refractivity contribution is -0.117. The molecule has 22 heavy (non-hydrogen) atoms. The molecule has 5 nitrogen and oxygen atoms in total. The van der Waals surface area contributed by atoms with Gasteiger partial charge in [-0.15, -0.1) is 12.4 Å². The van der Waals surface area contributed by atoms with E-state index in [1.165, 1.54) is 0 Å². The molecule has 1 aliphatic carbocycles. The number of likely N-dealkylation sites (tertiary alicyclic amines) is 1. The highest BCUT2D eigenvalue weighted by Gasteiger charge is 2.30. The third-order valence-corrected chi connectivity index (χ3v) is 4.23. The quantitative estimate of drug-likeness (QED) is 0.888. The van der Waals surface area contributed by atoms with E-state index in [2.05, 4.69) is 5.32 Å². The first-order valence-corrected chi connectivity index (χ1v) is 7.57. The molecule has 1 saturated carbocycles. The Morgan fingerprint density at radius 3 is 2.68 bits per heavy atom. The van der Waals surface area contributed by atoms with Crippen molar-refractivity contribution < 1.29 is 9.59 Å². The minimum Gasteiger partial charge on any atom is -0.338 e. The van der Waals surface area contributed by atoms with Gasteiger partial charge in [-0.05, 0) is 49.9 Å². The summed E-state index contributed by atoms with van der Waals surface area (Å²) in [5.41, 5.74) is 6.99. The van der Waals surface area contributed by atoms with Gasteiger partial charge in [0.05, 0.1) is 0 Å². The number of carbonyl (C=O) groups excluding carboxylic acids is 2. The molecule has 6 heteroatoms. The van der Waals surface area contributed by atoms with Crippen LogP contribution < -0.4 is 11.1 Å². The van der Waals surface area contributed by atoms with Gasteiger partial charge < -0.3 is 16.0 Å². The van der Waals surface area contributed by atoms with Crippen molar-refractivity contribution in [3.8, 4) is 0 Å². The van der Waals surface area contributed by atoms with E-state index >= 15 is 0 Å². The molecule has 0 aromatic heterocycles. The minimum atomic E-state index is 0. The van der Waals surface area contributed by atoms with Gasteiger partial charge >= 0.3 is 0 Å². The maximum atomic E-state index is 12.5. The summed E-state index contributed by atoms with van der Waals surface area (Å²) in [5.74, 6) is 0.650. The van der Waals surface area contributed by atoms with Crippen LogP contribution in [0.2, 0.25) is 0 Å².